The Balaban J connectivity index is 1.77. The molecule has 2 aliphatic carbocycles. The molecule has 0 amide bonds. The third-order valence-corrected chi connectivity index (χ3v) is 3.60. The van der Waals surface area contributed by atoms with Crippen LogP contribution in [0.25, 0.3) is 0 Å². The highest BCUT2D eigenvalue weighted by Gasteiger charge is 2.28. The van der Waals surface area contributed by atoms with Gasteiger partial charge in [0.25, 0.3) is 0 Å². The first-order valence-corrected chi connectivity index (χ1v) is 6.35. The lowest BCUT2D eigenvalue weighted by Crippen LogP contribution is -2.40. The Morgan fingerprint density at radius 3 is 2.47 bits per heavy atom. The standard InChI is InChI=1S/C12H23N3/c1-9(10-7-8-10)14-12(13)15-11-5-3-2-4-6-11/h9-11H,2-8H2,1H3,(H3,13,14,15). The minimum absolute atomic E-state index is 0.484. The maximum absolute atomic E-state index is 5.91. The molecule has 2 saturated carbocycles. The van der Waals surface area contributed by atoms with Crippen molar-refractivity contribution in [2.24, 2.45) is 16.6 Å². The lowest BCUT2D eigenvalue weighted by atomic mass is 9.96. The summed E-state index contributed by atoms with van der Waals surface area (Å²) in [5.41, 5.74) is 5.91. The molecule has 0 aromatic heterocycles. The average Bonchev–Trinajstić information content (AvgIpc) is 3.01. The Hall–Kier alpha value is -0.730. The summed E-state index contributed by atoms with van der Waals surface area (Å²) >= 11 is 0. The predicted molar refractivity (Wildman–Crippen MR) is 63.8 cm³/mol. The molecule has 0 aromatic rings. The predicted octanol–water partition coefficient (Wildman–Crippen LogP) is 2.02. The minimum Gasteiger partial charge on any atom is -0.370 e. The fraction of sp³-hybridized carbons (Fsp3) is 0.917. The van der Waals surface area contributed by atoms with Crippen molar-refractivity contribution < 1.29 is 0 Å². The summed E-state index contributed by atoms with van der Waals surface area (Å²) in [4.78, 5) is 4.57. The average molecular weight is 209 g/mol. The largest absolute Gasteiger partial charge is 0.370 e. The number of guanidine groups is 1. The van der Waals surface area contributed by atoms with Gasteiger partial charge in [-0.3, -0.25) is 4.99 Å². The lowest BCUT2D eigenvalue weighted by Gasteiger charge is -2.20. The Morgan fingerprint density at radius 1 is 1.20 bits per heavy atom. The number of nitrogens with two attached hydrogens (primary N) is 1. The first kappa shape index (κ1) is 10.8. The third kappa shape index (κ3) is 3.40. The Kier molecular flexibility index (Phi) is 3.49. The normalized spacial score (nSPS) is 26.3. The molecular weight excluding hydrogens is 186 g/mol. The van der Waals surface area contributed by atoms with Gasteiger partial charge in [-0.1, -0.05) is 19.3 Å². The van der Waals surface area contributed by atoms with Gasteiger partial charge >= 0.3 is 0 Å². The summed E-state index contributed by atoms with van der Waals surface area (Å²) in [6.07, 6.45) is 9.16. The van der Waals surface area contributed by atoms with Crippen LogP contribution in [0.15, 0.2) is 4.99 Å². The fourth-order valence-electron chi connectivity index (χ4n) is 2.39. The van der Waals surface area contributed by atoms with Crippen LogP contribution in [0.4, 0.5) is 0 Å². The highest BCUT2D eigenvalue weighted by Crippen LogP contribution is 2.32. The van der Waals surface area contributed by atoms with E-state index >= 15 is 0 Å². The molecule has 0 saturated heterocycles. The van der Waals surface area contributed by atoms with Gasteiger partial charge in [-0.25, -0.2) is 0 Å². The van der Waals surface area contributed by atoms with E-state index in [1.807, 2.05) is 0 Å². The summed E-state index contributed by atoms with van der Waals surface area (Å²) in [5.74, 6) is 1.51. The number of nitrogens with one attached hydrogen (secondary N) is 1. The quantitative estimate of drug-likeness (QED) is 0.552. The number of aliphatic imine (C=N–C) groups is 1. The molecule has 2 aliphatic rings. The van der Waals surface area contributed by atoms with Gasteiger partial charge in [0, 0.05) is 6.04 Å². The summed E-state index contributed by atoms with van der Waals surface area (Å²) in [5, 5.41) is 3.32. The molecule has 3 heteroatoms. The summed E-state index contributed by atoms with van der Waals surface area (Å²) in [7, 11) is 0. The fourth-order valence-corrected chi connectivity index (χ4v) is 2.39. The molecule has 0 heterocycles. The van der Waals surface area contributed by atoms with Crippen LogP contribution < -0.4 is 11.1 Å². The second-order valence-electron chi connectivity index (χ2n) is 5.08. The van der Waals surface area contributed by atoms with Crippen LogP contribution in [0, 0.1) is 5.92 Å². The monoisotopic (exact) mass is 209 g/mol. The van der Waals surface area contributed by atoms with Crippen molar-refractivity contribution in [3.8, 4) is 0 Å². The van der Waals surface area contributed by atoms with Crippen molar-refractivity contribution in [3.63, 3.8) is 0 Å². The highest BCUT2D eigenvalue weighted by atomic mass is 15.1. The summed E-state index contributed by atoms with van der Waals surface area (Å²) in [6.45, 7) is 2.21. The van der Waals surface area contributed by atoms with Crippen molar-refractivity contribution in [2.75, 3.05) is 0 Å². The number of rotatable bonds is 3. The van der Waals surface area contributed by atoms with Gasteiger partial charge in [-0.05, 0) is 38.5 Å². The van der Waals surface area contributed by atoms with Gasteiger partial charge in [0.2, 0.25) is 0 Å². The van der Waals surface area contributed by atoms with E-state index in [9.17, 15) is 0 Å². The van der Waals surface area contributed by atoms with Gasteiger partial charge in [0.05, 0.1) is 6.04 Å². The van der Waals surface area contributed by atoms with Gasteiger partial charge in [0.1, 0.15) is 0 Å². The Bertz CT molecular complexity index is 227. The maximum Gasteiger partial charge on any atom is 0.189 e. The van der Waals surface area contributed by atoms with Gasteiger partial charge in [0.15, 0.2) is 5.96 Å². The molecule has 15 heavy (non-hydrogen) atoms. The SMILES string of the molecule is CC(NC(N)=NC1CCCCC1)C1CC1. The van der Waals surface area contributed by atoms with E-state index in [1.165, 1.54) is 44.9 Å². The van der Waals surface area contributed by atoms with Crippen molar-refractivity contribution >= 4 is 5.96 Å². The van der Waals surface area contributed by atoms with Crippen LogP contribution in [0.1, 0.15) is 51.9 Å². The van der Waals surface area contributed by atoms with Crippen LogP contribution in [-0.2, 0) is 0 Å². The molecule has 0 aliphatic heterocycles. The number of hydrogen-bond acceptors (Lipinski definition) is 1. The zero-order valence-electron chi connectivity index (χ0n) is 9.71. The summed E-state index contributed by atoms with van der Waals surface area (Å²) in [6, 6.07) is 0.995. The Labute approximate surface area is 92.5 Å². The number of hydrogen-bond donors (Lipinski definition) is 2. The van der Waals surface area contributed by atoms with E-state index in [0.717, 1.165) is 5.92 Å². The zero-order valence-corrected chi connectivity index (χ0v) is 9.71. The van der Waals surface area contributed by atoms with Crippen molar-refractivity contribution in [2.45, 2.75) is 64.0 Å². The first-order valence-electron chi connectivity index (χ1n) is 6.35. The number of nitrogens with zero attached hydrogens (tertiary/aromatic N) is 1. The molecule has 1 unspecified atom stereocenters. The molecule has 2 fully saturated rings. The van der Waals surface area contributed by atoms with Crippen LogP contribution in [-0.4, -0.2) is 18.0 Å². The highest BCUT2D eigenvalue weighted by molar-refractivity contribution is 5.78. The second-order valence-corrected chi connectivity index (χ2v) is 5.08. The lowest BCUT2D eigenvalue weighted by molar-refractivity contribution is 0.440. The molecular formula is C12H23N3. The molecule has 0 aromatic carbocycles. The smallest absolute Gasteiger partial charge is 0.189 e. The van der Waals surface area contributed by atoms with Gasteiger partial charge in [-0.2, -0.15) is 0 Å². The molecule has 0 radical (unpaired) electrons. The van der Waals surface area contributed by atoms with E-state index in [-0.39, 0.29) is 0 Å². The molecule has 86 valence electrons. The van der Waals surface area contributed by atoms with Crippen molar-refractivity contribution in [3.05, 3.63) is 0 Å². The molecule has 0 bridgehead atoms. The van der Waals surface area contributed by atoms with E-state index < -0.39 is 0 Å². The molecule has 3 nitrogen and oxygen atoms in total. The van der Waals surface area contributed by atoms with Crippen LogP contribution in [0.5, 0.6) is 0 Å². The zero-order chi connectivity index (χ0) is 10.7. The molecule has 0 spiro atoms. The van der Waals surface area contributed by atoms with Crippen LogP contribution >= 0.6 is 0 Å². The van der Waals surface area contributed by atoms with Crippen molar-refractivity contribution in [1.82, 2.24) is 5.32 Å². The minimum atomic E-state index is 0.484. The van der Waals surface area contributed by atoms with Crippen LogP contribution in [0.3, 0.4) is 0 Å². The molecule has 1 atom stereocenters. The van der Waals surface area contributed by atoms with Gasteiger partial charge in [-0.15, -0.1) is 0 Å². The topological polar surface area (TPSA) is 50.4 Å². The maximum atomic E-state index is 5.91. The van der Waals surface area contributed by atoms with E-state index in [0.29, 0.717) is 18.0 Å². The Morgan fingerprint density at radius 2 is 1.87 bits per heavy atom. The van der Waals surface area contributed by atoms with Gasteiger partial charge < -0.3 is 11.1 Å². The summed E-state index contributed by atoms with van der Waals surface area (Å²) < 4.78 is 0. The van der Waals surface area contributed by atoms with Crippen LogP contribution in [0.2, 0.25) is 0 Å². The van der Waals surface area contributed by atoms with Crippen molar-refractivity contribution in [1.29, 1.82) is 0 Å². The third-order valence-electron chi connectivity index (χ3n) is 3.60. The molecule has 2 rings (SSSR count). The first-order chi connectivity index (χ1) is 7.25. The molecule has 3 N–H and O–H groups in total. The second kappa shape index (κ2) is 4.86. The van der Waals surface area contributed by atoms with E-state index in [4.69, 9.17) is 5.73 Å². The van der Waals surface area contributed by atoms with E-state index in [1.54, 1.807) is 0 Å². The van der Waals surface area contributed by atoms with E-state index in [2.05, 4.69) is 17.2 Å².